The lowest BCUT2D eigenvalue weighted by molar-refractivity contribution is -0.114. The molecular weight excluding hydrogens is 431 g/mol. The first-order valence-corrected chi connectivity index (χ1v) is 12.7. The summed E-state index contributed by atoms with van der Waals surface area (Å²) < 4.78 is 0. The summed E-state index contributed by atoms with van der Waals surface area (Å²) in [4.78, 5) is 25.4. The van der Waals surface area contributed by atoms with Crippen LogP contribution in [-0.2, 0) is 4.79 Å². The number of nitrogens with one attached hydrogen (secondary N) is 1. The van der Waals surface area contributed by atoms with E-state index in [-0.39, 0.29) is 5.29 Å². The molecule has 0 radical (unpaired) electrons. The van der Waals surface area contributed by atoms with Crippen molar-refractivity contribution in [3.63, 3.8) is 0 Å². The first-order valence-electron chi connectivity index (χ1n) is 10.9. The highest BCUT2D eigenvalue weighted by Gasteiger charge is 2.36. The zero-order valence-electron chi connectivity index (χ0n) is 18.5. The molecular formula is C27H27N2O3P. The van der Waals surface area contributed by atoms with Gasteiger partial charge in [-0.15, -0.1) is 0 Å². The van der Waals surface area contributed by atoms with Crippen molar-refractivity contribution in [3.05, 3.63) is 91.0 Å². The lowest BCUT2D eigenvalue weighted by atomic mass is 10.0. The molecule has 1 amide bonds. The second-order valence-electron chi connectivity index (χ2n) is 7.65. The van der Waals surface area contributed by atoms with Crippen LogP contribution in [0.5, 0.6) is 0 Å². The number of hydrogen-bond acceptors (Lipinski definition) is 3. The predicted octanol–water partition coefficient (Wildman–Crippen LogP) is 4.07. The molecule has 3 aromatic rings. The van der Waals surface area contributed by atoms with Gasteiger partial charge in [-0.1, -0.05) is 111 Å². The SMILES string of the molecule is CCCCC(NC(=O)O)C(=O)C(C#N)=P(c1ccccc1)(c1ccccc1)c1ccccc1. The minimum Gasteiger partial charge on any atom is -0.465 e. The number of carboxylic acid groups (broad SMARTS) is 1. The molecule has 0 aliphatic heterocycles. The van der Waals surface area contributed by atoms with Crippen LogP contribution in [0.4, 0.5) is 4.79 Å². The number of unbranched alkanes of at least 4 members (excludes halogenated alkanes) is 1. The molecule has 2 N–H and O–H groups in total. The summed E-state index contributed by atoms with van der Waals surface area (Å²) in [5.74, 6) is -0.460. The van der Waals surface area contributed by atoms with E-state index in [9.17, 15) is 20.0 Å². The van der Waals surface area contributed by atoms with Crippen LogP contribution in [0.2, 0.25) is 0 Å². The zero-order chi connectivity index (χ0) is 23.7. The van der Waals surface area contributed by atoms with Crippen LogP contribution in [0.15, 0.2) is 91.0 Å². The second-order valence-corrected chi connectivity index (χ2v) is 11.0. The molecule has 1 unspecified atom stereocenters. The zero-order valence-corrected chi connectivity index (χ0v) is 19.4. The summed E-state index contributed by atoms with van der Waals surface area (Å²) in [5.41, 5.74) is 0. The van der Waals surface area contributed by atoms with Gasteiger partial charge >= 0.3 is 6.09 Å². The van der Waals surface area contributed by atoms with E-state index in [2.05, 4.69) is 11.4 Å². The van der Waals surface area contributed by atoms with Crippen LogP contribution in [0, 0.1) is 11.3 Å². The van der Waals surface area contributed by atoms with Crippen molar-refractivity contribution in [2.45, 2.75) is 32.2 Å². The quantitative estimate of drug-likeness (QED) is 0.473. The van der Waals surface area contributed by atoms with Gasteiger partial charge in [0, 0.05) is 0 Å². The Morgan fingerprint density at radius 3 is 1.64 bits per heavy atom. The maximum Gasteiger partial charge on any atom is 0.405 e. The van der Waals surface area contributed by atoms with Gasteiger partial charge in [-0.05, 0) is 29.2 Å². The van der Waals surface area contributed by atoms with Gasteiger partial charge in [-0.2, -0.15) is 5.26 Å². The minimum absolute atomic E-state index is 0.0981. The maximum atomic E-state index is 13.9. The fourth-order valence-corrected chi connectivity index (χ4v) is 8.24. The topological polar surface area (TPSA) is 90.2 Å². The molecule has 1 atom stereocenters. The number of carbonyl (C=O) groups is 2. The van der Waals surface area contributed by atoms with E-state index in [1.165, 1.54) is 0 Å². The van der Waals surface area contributed by atoms with E-state index in [0.717, 1.165) is 22.3 Å². The molecule has 6 heteroatoms. The number of nitrogens with zero attached hydrogens (tertiary/aromatic N) is 1. The van der Waals surface area contributed by atoms with Crippen molar-refractivity contribution >= 4 is 40.0 Å². The third-order valence-electron chi connectivity index (χ3n) is 5.57. The van der Waals surface area contributed by atoms with Gasteiger partial charge in [-0.25, -0.2) is 4.79 Å². The highest BCUT2D eigenvalue weighted by atomic mass is 31.2. The van der Waals surface area contributed by atoms with E-state index in [0.29, 0.717) is 12.8 Å². The van der Waals surface area contributed by atoms with Crippen molar-refractivity contribution in [2.75, 3.05) is 0 Å². The largest absolute Gasteiger partial charge is 0.465 e. The Bertz CT molecular complexity index is 1080. The molecule has 33 heavy (non-hydrogen) atoms. The molecule has 5 nitrogen and oxygen atoms in total. The van der Waals surface area contributed by atoms with E-state index in [1.807, 2.05) is 97.9 Å². The van der Waals surface area contributed by atoms with Gasteiger partial charge in [0.2, 0.25) is 0 Å². The molecule has 3 rings (SSSR count). The van der Waals surface area contributed by atoms with Crippen LogP contribution in [0.25, 0.3) is 0 Å². The Balaban J connectivity index is 2.46. The summed E-state index contributed by atoms with van der Waals surface area (Å²) in [5, 5.41) is 24.9. The molecule has 3 aromatic carbocycles. The van der Waals surface area contributed by atoms with E-state index < -0.39 is 24.8 Å². The van der Waals surface area contributed by atoms with Crippen LogP contribution < -0.4 is 21.2 Å². The monoisotopic (exact) mass is 458 g/mol. The summed E-state index contributed by atoms with van der Waals surface area (Å²) >= 11 is 0. The van der Waals surface area contributed by atoms with Gasteiger partial charge in [-0.3, -0.25) is 4.79 Å². The maximum absolute atomic E-state index is 13.9. The average molecular weight is 458 g/mol. The fourth-order valence-electron chi connectivity index (χ4n) is 4.08. The van der Waals surface area contributed by atoms with Crippen molar-refractivity contribution in [2.24, 2.45) is 0 Å². The summed E-state index contributed by atoms with van der Waals surface area (Å²) in [6.07, 6.45) is 0.543. The number of benzene rings is 3. The summed E-state index contributed by atoms with van der Waals surface area (Å²) in [7, 11) is 0. The van der Waals surface area contributed by atoms with Crippen molar-refractivity contribution in [1.29, 1.82) is 5.26 Å². The molecule has 0 saturated heterocycles. The number of ketones is 1. The second kappa shape index (κ2) is 11.3. The molecule has 0 aliphatic carbocycles. The molecule has 0 saturated carbocycles. The standard InChI is InChI=1S/C27H27N2O3P/c1-2-3-19-24(29-27(31)32)26(30)25(20-28)33(21-13-7-4-8-14-21,22-15-9-5-10-16-22)23-17-11-6-12-18-23/h4-18,24,29H,2-3,19H2,1H3,(H,31,32). The lowest BCUT2D eigenvalue weighted by Crippen LogP contribution is -2.45. The van der Waals surface area contributed by atoms with E-state index in [4.69, 9.17) is 0 Å². The normalized spacial score (nSPS) is 11.8. The lowest BCUT2D eigenvalue weighted by Gasteiger charge is -2.31. The number of amides is 1. The van der Waals surface area contributed by atoms with Gasteiger partial charge in [0.25, 0.3) is 0 Å². The molecule has 0 aromatic heterocycles. The Morgan fingerprint density at radius 2 is 1.30 bits per heavy atom. The fraction of sp³-hybridized carbons (Fsp3) is 0.185. The van der Waals surface area contributed by atoms with Crippen LogP contribution in [0.1, 0.15) is 26.2 Å². The number of Topliss-reactive ketones (excluding diaryl/α,β-unsaturated/α-hetero) is 1. The first-order chi connectivity index (χ1) is 16.1. The van der Waals surface area contributed by atoms with Crippen LogP contribution in [-0.4, -0.2) is 28.3 Å². The molecule has 0 aliphatic rings. The van der Waals surface area contributed by atoms with Gasteiger partial charge < -0.3 is 10.4 Å². The van der Waals surface area contributed by atoms with E-state index >= 15 is 0 Å². The van der Waals surface area contributed by atoms with Gasteiger partial charge in [0.1, 0.15) is 11.4 Å². The van der Waals surface area contributed by atoms with Gasteiger partial charge in [0.05, 0.1) is 6.04 Å². The Kier molecular flexibility index (Phi) is 8.24. The Morgan fingerprint density at radius 1 is 0.879 bits per heavy atom. The van der Waals surface area contributed by atoms with E-state index in [1.54, 1.807) is 0 Å². The molecule has 168 valence electrons. The summed E-state index contributed by atoms with van der Waals surface area (Å²) in [6, 6.07) is 30.1. The van der Waals surface area contributed by atoms with Crippen molar-refractivity contribution < 1.29 is 14.7 Å². The van der Waals surface area contributed by atoms with Crippen LogP contribution in [0.3, 0.4) is 0 Å². The predicted molar refractivity (Wildman–Crippen MR) is 135 cm³/mol. The first kappa shape index (κ1) is 24.0. The minimum atomic E-state index is -2.88. The third-order valence-corrected chi connectivity index (χ3v) is 9.78. The highest BCUT2D eigenvalue weighted by molar-refractivity contribution is 7.97. The highest BCUT2D eigenvalue weighted by Crippen LogP contribution is 2.46. The summed E-state index contributed by atoms with van der Waals surface area (Å²) in [6.45, 7) is -0.897. The van der Waals surface area contributed by atoms with Crippen molar-refractivity contribution in [1.82, 2.24) is 5.32 Å². The molecule has 0 fully saturated rings. The average Bonchev–Trinajstić information content (AvgIpc) is 2.86. The molecule has 0 bridgehead atoms. The molecule has 0 spiro atoms. The van der Waals surface area contributed by atoms with Gasteiger partial charge in [0.15, 0.2) is 5.78 Å². The molecule has 0 heterocycles. The Labute approximate surface area is 194 Å². The number of hydrogen-bond donors (Lipinski definition) is 2. The number of rotatable bonds is 9. The van der Waals surface area contributed by atoms with Crippen LogP contribution >= 0.6 is 6.89 Å². The number of carbonyl (C=O) groups excluding carboxylic acids is 1. The third kappa shape index (κ3) is 5.08. The van der Waals surface area contributed by atoms with Crippen molar-refractivity contribution in [3.8, 4) is 6.07 Å². The smallest absolute Gasteiger partial charge is 0.405 e. The Hall–Kier alpha value is -3.61. The number of nitriles is 1.